The summed E-state index contributed by atoms with van der Waals surface area (Å²) >= 11 is 0. The average Bonchev–Trinajstić information content (AvgIpc) is 3.20. The van der Waals surface area contributed by atoms with Crippen LogP contribution in [0.25, 0.3) is 0 Å². The lowest BCUT2D eigenvalue weighted by Gasteiger charge is -2.20. The molecule has 0 aliphatic heterocycles. The highest BCUT2D eigenvalue weighted by atomic mass is 16.1. The summed E-state index contributed by atoms with van der Waals surface area (Å²) in [6, 6.07) is 8.47. The molecule has 0 radical (unpaired) electrons. The Kier molecular flexibility index (Phi) is 7.31. The van der Waals surface area contributed by atoms with Crippen LogP contribution in [0.4, 0.5) is 5.69 Å². The molecule has 2 aliphatic rings. The van der Waals surface area contributed by atoms with E-state index < -0.39 is 0 Å². The van der Waals surface area contributed by atoms with E-state index >= 15 is 0 Å². The number of hydrogen-bond donors (Lipinski definition) is 3. The van der Waals surface area contributed by atoms with Gasteiger partial charge in [0, 0.05) is 24.2 Å². The monoisotopic (exact) mass is 368 g/mol. The molecule has 0 aromatic heterocycles. The Morgan fingerprint density at radius 1 is 1.15 bits per heavy atom. The molecule has 27 heavy (non-hydrogen) atoms. The molecule has 0 heterocycles. The number of aliphatic imine (C=N–C) groups is 1. The van der Waals surface area contributed by atoms with Crippen LogP contribution in [0.5, 0.6) is 0 Å². The van der Waals surface area contributed by atoms with Crippen LogP contribution < -0.4 is 16.0 Å². The molecule has 0 unspecified atom stereocenters. The number of benzene rings is 1. The molecule has 0 bridgehead atoms. The van der Waals surface area contributed by atoms with Crippen LogP contribution in [0.15, 0.2) is 41.4 Å². The van der Waals surface area contributed by atoms with Crippen molar-refractivity contribution in [3.05, 3.63) is 42.0 Å². The van der Waals surface area contributed by atoms with Gasteiger partial charge in [-0.25, -0.2) is 4.99 Å². The second kappa shape index (κ2) is 10.1. The van der Waals surface area contributed by atoms with Gasteiger partial charge in [-0.3, -0.25) is 4.79 Å². The van der Waals surface area contributed by atoms with Gasteiger partial charge in [0.1, 0.15) is 0 Å². The zero-order valence-corrected chi connectivity index (χ0v) is 16.3. The highest BCUT2D eigenvalue weighted by Gasteiger charge is 2.21. The molecule has 146 valence electrons. The van der Waals surface area contributed by atoms with Gasteiger partial charge in [-0.2, -0.15) is 0 Å². The maximum Gasteiger partial charge on any atom is 0.227 e. The summed E-state index contributed by atoms with van der Waals surface area (Å²) in [4.78, 5) is 17.2. The summed E-state index contributed by atoms with van der Waals surface area (Å²) in [6.45, 7) is 3.50. The van der Waals surface area contributed by atoms with Crippen molar-refractivity contribution in [2.45, 2.75) is 64.5 Å². The second-order valence-electron chi connectivity index (χ2n) is 7.50. The van der Waals surface area contributed by atoms with Crippen molar-refractivity contribution in [3.8, 4) is 0 Å². The lowest BCUT2D eigenvalue weighted by molar-refractivity contribution is -0.120. The number of carbonyl (C=O) groups excluding carboxylic acids is 1. The predicted octanol–water partition coefficient (Wildman–Crippen LogP) is 3.98. The van der Waals surface area contributed by atoms with Crippen molar-refractivity contribution >= 4 is 17.6 Å². The number of carbonyl (C=O) groups is 1. The van der Waals surface area contributed by atoms with Gasteiger partial charge in [0.2, 0.25) is 5.91 Å². The molecule has 3 N–H and O–H groups in total. The van der Waals surface area contributed by atoms with Crippen LogP contribution in [0, 0.1) is 5.92 Å². The third-order valence-electron chi connectivity index (χ3n) is 5.28. The molecule has 0 spiro atoms. The summed E-state index contributed by atoms with van der Waals surface area (Å²) in [5.41, 5.74) is 1.97. The topological polar surface area (TPSA) is 65.5 Å². The largest absolute Gasteiger partial charge is 0.357 e. The van der Waals surface area contributed by atoms with Gasteiger partial charge in [0.05, 0.1) is 6.54 Å². The number of guanidine groups is 1. The quantitative estimate of drug-likeness (QED) is 0.404. The van der Waals surface area contributed by atoms with Crippen LogP contribution in [-0.4, -0.2) is 24.5 Å². The zero-order valence-electron chi connectivity index (χ0n) is 16.3. The summed E-state index contributed by atoms with van der Waals surface area (Å²) in [5, 5.41) is 9.89. The van der Waals surface area contributed by atoms with Crippen LogP contribution >= 0.6 is 0 Å². The molecular weight excluding hydrogens is 336 g/mol. The average molecular weight is 369 g/mol. The fourth-order valence-corrected chi connectivity index (χ4v) is 3.78. The lowest BCUT2D eigenvalue weighted by Crippen LogP contribution is -2.42. The molecular formula is C22H32N4O. The van der Waals surface area contributed by atoms with E-state index in [2.05, 4.69) is 41.1 Å². The molecule has 2 aliphatic carbocycles. The van der Waals surface area contributed by atoms with Crippen LogP contribution in [-0.2, 0) is 11.3 Å². The van der Waals surface area contributed by atoms with Gasteiger partial charge in [-0.1, -0.05) is 43.5 Å². The number of amides is 1. The lowest BCUT2D eigenvalue weighted by atomic mass is 9.88. The number of nitrogens with one attached hydrogen (secondary N) is 3. The first-order chi connectivity index (χ1) is 13.2. The summed E-state index contributed by atoms with van der Waals surface area (Å²) in [5.74, 6) is 1.19. The summed E-state index contributed by atoms with van der Waals surface area (Å²) in [6.07, 6.45) is 12.1. The molecule has 1 amide bonds. The zero-order chi connectivity index (χ0) is 18.9. The fraction of sp³-hybridized carbons (Fsp3) is 0.545. The summed E-state index contributed by atoms with van der Waals surface area (Å²) in [7, 11) is 0. The van der Waals surface area contributed by atoms with Gasteiger partial charge in [0.15, 0.2) is 5.96 Å². The van der Waals surface area contributed by atoms with Crippen LogP contribution in [0.3, 0.4) is 0 Å². The van der Waals surface area contributed by atoms with Gasteiger partial charge in [-0.05, 0) is 50.3 Å². The molecule has 5 nitrogen and oxygen atoms in total. The van der Waals surface area contributed by atoms with Crippen molar-refractivity contribution in [1.82, 2.24) is 10.6 Å². The standard InChI is InChI=1S/C22H32N4O/c1-2-23-22(26-19-12-6-7-13-19)24-16-17-9-8-14-20(15-17)25-21(27)18-10-4-3-5-11-18/h6-9,14-15,18-19H,2-5,10-13,16H2,1H3,(H,25,27)(H2,23,24,26). The molecule has 1 aromatic carbocycles. The molecule has 0 atom stereocenters. The number of nitrogens with zero attached hydrogens (tertiary/aromatic N) is 1. The van der Waals surface area contributed by atoms with Gasteiger partial charge >= 0.3 is 0 Å². The van der Waals surface area contributed by atoms with Gasteiger partial charge < -0.3 is 16.0 Å². The van der Waals surface area contributed by atoms with E-state index in [9.17, 15) is 4.79 Å². The van der Waals surface area contributed by atoms with Gasteiger partial charge in [0.25, 0.3) is 0 Å². The Labute approximate surface area is 162 Å². The van der Waals surface area contributed by atoms with Crippen LogP contribution in [0.2, 0.25) is 0 Å². The minimum atomic E-state index is 0.166. The van der Waals surface area contributed by atoms with E-state index in [0.717, 1.165) is 49.4 Å². The maximum atomic E-state index is 12.5. The van der Waals surface area contributed by atoms with E-state index in [1.165, 1.54) is 19.3 Å². The van der Waals surface area contributed by atoms with Crippen molar-refractivity contribution in [2.24, 2.45) is 10.9 Å². The summed E-state index contributed by atoms with van der Waals surface area (Å²) < 4.78 is 0. The maximum absolute atomic E-state index is 12.5. The smallest absolute Gasteiger partial charge is 0.227 e. The first-order valence-corrected chi connectivity index (χ1v) is 10.3. The Hall–Kier alpha value is -2.30. The Balaban J connectivity index is 1.57. The third kappa shape index (κ3) is 6.12. The first kappa shape index (κ1) is 19.5. The molecule has 5 heteroatoms. The minimum absolute atomic E-state index is 0.166. The highest BCUT2D eigenvalue weighted by Crippen LogP contribution is 2.25. The predicted molar refractivity (Wildman–Crippen MR) is 112 cm³/mol. The van der Waals surface area contributed by atoms with E-state index in [4.69, 9.17) is 4.99 Å². The van der Waals surface area contributed by atoms with Crippen molar-refractivity contribution in [3.63, 3.8) is 0 Å². The van der Waals surface area contributed by atoms with E-state index in [1.807, 2.05) is 18.2 Å². The minimum Gasteiger partial charge on any atom is -0.357 e. The van der Waals surface area contributed by atoms with Gasteiger partial charge in [-0.15, -0.1) is 0 Å². The molecule has 1 saturated carbocycles. The first-order valence-electron chi connectivity index (χ1n) is 10.3. The SMILES string of the molecule is CCNC(=NCc1cccc(NC(=O)C2CCCCC2)c1)NC1CC=CC1. The number of anilines is 1. The third-order valence-corrected chi connectivity index (χ3v) is 5.28. The van der Waals surface area contributed by atoms with Crippen molar-refractivity contribution in [2.75, 3.05) is 11.9 Å². The van der Waals surface area contributed by atoms with Crippen molar-refractivity contribution < 1.29 is 4.79 Å². The Morgan fingerprint density at radius 2 is 1.93 bits per heavy atom. The second-order valence-corrected chi connectivity index (χ2v) is 7.50. The van der Waals surface area contributed by atoms with E-state index in [-0.39, 0.29) is 11.8 Å². The van der Waals surface area contributed by atoms with E-state index in [1.54, 1.807) is 0 Å². The molecule has 0 saturated heterocycles. The van der Waals surface area contributed by atoms with Crippen LogP contribution in [0.1, 0.15) is 57.4 Å². The Bertz CT molecular complexity index is 669. The fourth-order valence-electron chi connectivity index (χ4n) is 3.78. The van der Waals surface area contributed by atoms with Crippen molar-refractivity contribution in [1.29, 1.82) is 0 Å². The molecule has 3 rings (SSSR count). The normalized spacial score (nSPS) is 18.5. The number of hydrogen-bond acceptors (Lipinski definition) is 2. The van der Waals surface area contributed by atoms with E-state index in [0.29, 0.717) is 12.6 Å². The number of rotatable bonds is 6. The molecule has 1 aromatic rings. The Morgan fingerprint density at radius 3 is 2.67 bits per heavy atom. The molecule has 1 fully saturated rings. The highest BCUT2D eigenvalue weighted by molar-refractivity contribution is 5.92.